The Labute approximate surface area is 125 Å². The van der Waals surface area contributed by atoms with Gasteiger partial charge in [0.2, 0.25) is 0 Å². The number of hydrogen-bond acceptors (Lipinski definition) is 4. The van der Waals surface area contributed by atoms with Gasteiger partial charge in [-0.25, -0.2) is 0 Å². The molecule has 1 aromatic rings. The van der Waals surface area contributed by atoms with Crippen LogP contribution in [0.25, 0.3) is 0 Å². The molecule has 1 heterocycles. The molecule has 0 aromatic heterocycles. The summed E-state index contributed by atoms with van der Waals surface area (Å²) in [6, 6.07) is 5.57. The second kappa shape index (κ2) is 5.56. The van der Waals surface area contributed by atoms with E-state index in [0.29, 0.717) is 17.2 Å². The molecule has 3 N–H and O–H groups in total. The maximum absolute atomic E-state index is 12.6. The van der Waals surface area contributed by atoms with Crippen molar-refractivity contribution < 1.29 is 9.53 Å². The third kappa shape index (κ3) is 2.97. The molecule has 5 nitrogen and oxygen atoms in total. The highest BCUT2D eigenvalue weighted by Gasteiger charge is 2.41. The van der Waals surface area contributed by atoms with E-state index in [1.807, 2.05) is 31.1 Å². The van der Waals surface area contributed by atoms with Crippen LogP contribution in [-0.4, -0.2) is 38.8 Å². The highest BCUT2D eigenvalue weighted by molar-refractivity contribution is 6.00. The van der Waals surface area contributed by atoms with E-state index in [1.54, 1.807) is 6.07 Å². The van der Waals surface area contributed by atoms with Gasteiger partial charge in [0.15, 0.2) is 0 Å². The Hall–Kier alpha value is -1.75. The van der Waals surface area contributed by atoms with Crippen molar-refractivity contribution in [1.82, 2.24) is 5.32 Å². The van der Waals surface area contributed by atoms with Crippen molar-refractivity contribution in [1.29, 1.82) is 0 Å². The Bertz CT molecular complexity index is 540. The average molecular weight is 289 g/mol. The fraction of sp³-hybridized carbons (Fsp3) is 0.562. The summed E-state index contributed by atoms with van der Waals surface area (Å²) in [5.74, 6) is 0.569. The molecule has 0 radical (unpaired) electrons. The van der Waals surface area contributed by atoms with Gasteiger partial charge >= 0.3 is 0 Å². The number of rotatable bonds is 4. The Morgan fingerprint density at radius 3 is 2.76 bits per heavy atom. The third-order valence-corrected chi connectivity index (χ3v) is 4.29. The van der Waals surface area contributed by atoms with Crippen LogP contribution >= 0.6 is 0 Å². The van der Waals surface area contributed by atoms with Gasteiger partial charge in [0.05, 0.1) is 17.7 Å². The van der Waals surface area contributed by atoms with Crippen molar-refractivity contribution in [3.8, 4) is 0 Å². The second-order valence-corrected chi connectivity index (χ2v) is 6.21. The number of hydrogen-bond donors (Lipinski definition) is 2. The number of carbonyl (C=O) groups excluding carboxylic acids is 1. The van der Waals surface area contributed by atoms with Crippen molar-refractivity contribution in [2.45, 2.75) is 31.4 Å². The average Bonchev–Trinajstić information content (AvgIpc) is 3.19. The Balaban J connectivity index is 1.77. The lowest BCUT2D eigenvalue weighted by Gasteiger charge is -2.22. The number of nitrogen functional groups attached to an aromatic ring is 1. The van der Waals surface area contributed by atoms with Gasteiger partial charge in [-0.15, -0.1) is 0 Å². The van der Waals surface area contributed by atoms with Crippen molar-refractivity contribution in [2.75, 3.05) is 31.3 Å². The molecule has 0 bridgehead atoms. The standard InChI is InChI=1S/C16H23N3O2/c1-19(2)14-6-5-11(17)9-12(14)16(20)18-13-7-8-21-15(13)10-3-4-10/h5-6,9-10,13,15H,3-4,7-8,17H2,1-2H3,(H,18,20). The number of amides is 1. The molecule has 1 saturated carbocycles. The van der Waals surface area contributed by atoms with Crippen LogP contribution in [0.15, 0.2) is 18.2 Å². The summed E-state index contributed by atoms with van der Waals surface area (Å²) in [7, 11) is 3.85. The van der Waals surface area contributed by atoms with E-state index in [4.69, 9.17) is 10.5 Å². The molecule has 1 saturated heterocycles. The number of nitrogens with zero attached hydrogens (tertiary/aromatic N) is 1. The lowest BCUT2D eigenvalue weighted by atomic mass is 10.0. The molecular formula is C16H23N3O2. The van der Waals surface area contributed by atoms with Crippen molar-refractivity contribution in [3.05, 3.63) is 23.8 Å². The van der Waals surface area contributed by atoms with Gasteiger partial charge in [-0.1, -0.05) is 0 Å². The molecule has 1 aromatic carbocycles. The number of carbonyl (C=O) groups is 1. The van der Waals surface area contributed by atoms with E-state index in [2.05, 4.69) is 5.32 Å². The van der Waals surface area contributed by atoms with E-state index < -0.39 is 0 Å². The molecule has 114 valence electrons. The van der Waals surface area contributed by atoms with Crippen molar-refractivity contribution in [2.24, 2.45) is 5.92 Å². The first-order chi connectivity index (χ1) is 10.1. The number of nitrogens with two attached hydrogens (primary N) is 1. The maximum atomic E-state index is 12.6. The topological polar surface area (TPSA) is 67.6 Å². The molecule has 1 aliphatic carbocycles. The Morgan fingerprint density at radius 1 is 1.33 bits per heavy atom. The van der Waals surface area contributed by atoms with Crippen LogP contribution in [0.4, 0.5) is 11.4 Å². The van der Waals surface area contributed by atoms with E-state index in [9.17, 15) is 4.79 Å². The maximum Gasteiger partial charge on any atom is 0.253 e. The summed E-state index contributed by atoms with van der Waals surface area (Å²) >= 11 is 0. The zero-order valence-electron chi connectivity index (χ0n) is 12.6. The van der Waals surface area contributed by atoms with E-state index in [-0.39, 0.29) is 18.1 Å². The van der Waals surface area contributed by atoms with Crippen LogP contribution in [-0.2, 0) is 4.74 Å². The van der Waals surface area contributed by atoms with Crippen LogP contribution in [0.1, 0.15) is 29.6 Å². The number of nitrogens with one attached hydrogen (secondary N) is 1. The molecule has 2 aliphatic rings. The number of ether oxygens (including phenoxy) is 1. The fourth-order valence-electron chi connectivity index (χ4n) is 3.03. The van der Waals surface area contributed by atoms with Crippen LogP contribution in [0.2, 0.25) is 0 Å². The minimum Gasteiger partial charge on any atom is -0.399 e. The van der Waals surface area contributed by atoms with Crippen LogP contribution in [0, 0.1) is 5.92 Å². The highest BCUT2D eigenvalue weighted by atomic mass is 16.5. The van der Waals surface area contributed by atoms with Crippen LogP contribution in [0.5, 0.6) is 0 Å². The minimum absolute atomic E-state index is 0.0628. The molecule has 1 aliphatic heterocycles. The van der Waals surface area contributed by atoms with Gasteiger partial charge in [0.25, 0.3) is 5.91 Å². The van der Waals surface area contributed by atoms with Crippen molar-refractivity contribution >= 4 is 17.3 Å². The number of benzene rings is 1. The quantitative estimate of drug-likeness (QED) is 0.827. The molecule has 3 rings (SSSR count). The van der Waals surface area contributed by atoms with Crippen LogP contribution in [0.3, 0.4) is 0 Å². The Kier molecular flexibility index (Phi) is 3.76. The molecule has 2 unspecified atom stereocenters. The second-order valence-electron chi connectivity index (χ2n) is 6.21. The first kappa shape index (κ1) is 14.2. The Morgan fingerprint density at radius 2 is 2.10 bits per heavy atom. The van der Waals surface area contributed by atoms with Gasteiger partial charge in [-0.2, -0.15) is 0 Å². The van der Waals surface area contributed by atoms with Crippen LogP contribution < -0.4 is 16.0 Å². The normalized spacial score (nSPS) is 24.9. The summed E-state index contributed by atoms with van der Waals surface area (Å²) in [6.45, 7) is 0.740. The molecular weight excluding hydrogens is 266 g/mol. The van der Waals surface area contributed by atoms with Gasteiger partial charge in [-0.3, -0.25) is 4.79 Å². The lowest BCUT2D eigenvalue weighted by molar-refractivity contribution is 0.0730. The molecule has 5 heteroatoms. The highest BCUT2D eigenvalue weighted by Crippen LogP contribution is 2.38. The summed E-state index contributed by atoms with van der Waals surface area (Å²) in [4.78, 5) is 14.5. The molecule has 2 atom stereocenters. The predicted molar refractivity (Wildman–Crippen MR) is 83.5 cm³/mol. The smallest absolute Gasteiger partial charge is 0.253 e. The summed E-state index contributed by atoms with van der Waals surface area (Å²) in [5.41, 5.74) is 7.94. The first-order valence-electron chi connectivity index (χ1n) is 7.55. The predicted octanol–water partition coefficient (Wildman–Crippen LogP) is 1.63. The lowest BCUT2D eigenvalue weighted by Crippen LogP contribution is -2.41. The van der Waals surface area contributed by atoms with Gasteiger partial charge < -0.3 is 20.7 Å². The van der Waals surface area contributed by atoms with Gasteiger partial charge in [0, 0.05) is 32.1 Å². The van der Waals surface area contributed by atoms with E-state index >= 15 is 0 Å². The molecule has 21 heavy (non-hydrogen) atoms. The number of anilines is 2. The first-order valence-corrected chi connectivity index (χ1v) is 7.55. The van der Waals surface area contributed by atoms with Gasteiger partial charge in [-0.05, 0) is 43.4 Å². The SMILES string of the molecule is CN(C)c1ccc(N)cc1C(=O)NC1CCOC1C1CC1. The summed E-state index contributed by atoms with van der Waals surface area (Å²) in [5, 5.41) is 3.14. The molecule has 0 spiro atoms. The van der Waals surface area contributed by atoms with Gasteiger partial charge in [0.1, 0.15) is 0 Å². The largest absolute Gasteiger partial charge is 0.399 e. The zero-order chi connectivity index (χ0) is 15.0. The molecule has 1 amide bonds. The van der Waals surface area contributed by atoms with Crippen molar-refractivity contribution in [3.63, 3.8) is 0 Å². The zero-order valence-corrected chi connectivity index (χ0v) is 12.6. The minimum atomic E-state index is -0.0628. The third-order valence-electron chi connectivity index (χ3n) is 4.29. The van der Waals surface area contributed by atoms with E-state index in [1.165, 1.54) is 12.8 Å². The molecule has 2 fully saturated rings. The monoisotopic (exact) mass is 289 g/mol. The van der Waals surface area contributed by atoms with E-state index in [0.717, 1.165) is 18.7 Å². The summed E-state index contributed by atoms with van der Waals surface area (Å²) < 4.78 is 5.78. The fourth-order valence-corrected chi connectivity index (χ4v) is 3.03. The summed E-state index contributed by atoms with van der Waals surface area (Å²) in [6.07, 6.45) is 3.53.